The van der Waals surface area contributed by atoms with Gasteiger partial charge in [0.25, 0.3) is 0 Å². The Balaban J connectivity index is 1.15. The van der Waals surface area contributed by atoms with Crippen molar-refractivity contribution in [2.75, 3.05) is 0 Å². The number of furan rings is 2. The minimum absolute atomic E-state index is 0.560. The quantitative estimate of drug-likeness (QED) is 0.180. The molecule has 0 aliphatic heterocycles. The Morgan fingerprint density at radius 2 is 0.815 bits per heavy atom. The Morgan fingerprint density at radius 3 is 1.63 bits per heavy atom. The van der Waals surface area contributed by atoms with E-state index in [0.29, 0.717) is 17.5 Å². The Labute approximate surface area is 309 Å². The second kappa shape index (κ2) is 12.1. The van der Waals surface area contributed by atoms with E-state index in [4.69, 9.17) is 23.8 Å². The highest BCUT2D eigenvalue weighted by atomic mass is 16.3. The first-order valence-corrected chi connectivity index (χ1v) is 18.0. The topological polar surface area (TPSA) is 65.0 Å². The van der Waals surface area contributed by atoms with Gasteiger partial charge in [0.05, 0.1) is 0 Å². The summed E-state index contributed by atoms with van der Waals surface area (Å²) in [5.74, 6) is 1.72. The van der Waals surface area contributed by atoms with E-state index in [1.54, 1.807) is 0 Å². The maximum absolute atomic E-state index is 6.31. The predicted octanol–water partition coefficient (Wildman–Crippen LogP) is 13.2. The van der Waals surface area contributed by atoms with Crippen LogP contribution in [-0.4, -0.2) is 15.0 Å². The third-order valence-corrected chi connectivity index (χ3v) is 10.4. The molecule has 8 aromatic carbocycles. The highest BCUT2D eigenvalue weighted by molar-refractivity contribution is 6.12. The molecule has 3 aromatic heterocycles. The molecule has 5 heteroatoms. The van der Waals surface area contributed by atoms with Gasteiger partial charge in [0.15, 0.2) is 17.5 Å². The number of rotatable bonds is 5. The van der Waals surface area contributed by atoms with Crippen LogP contribution in [0.15, 0.2) is 185 Å². The molecule has 0 saturated heterocycles. The van der Waals surface area contributed by atoms with Crippen molar-refractivity contribution in [1.82, 2.24) is 15.0 Å². The van der Waals surface area contributed by atoms with Crippen LogP contribution in [0.5, 0.6) is 0 Å². The first-order chi connectivity index (χ1) is 26.8. The standard InChI is InChI=1S/C49H29N3O2/c1-2-13-30(14-3-1)32-15-4-5-16-33(32)36-27-28-39(35-18-7-6-17-34(35)36)48-50-47(31-25-26-38-37-19-8-10-22-42(37)54-45(38)29-31)51-49(52-48)41-21-12-24-44-46(41)40-20-9-11-23-43(40)53-44/h1-29H. The van der Waals surface area contributed by atoms with Crippen molar-refractivity contribution in [2.24, 2.45) is 0 Å². The van der Waals surface area contributed by atoms with Gasteiger partial charge < -0.3 is 8.83 Å². The van der Waals surface area contributed by atoms with E-state index in [1.807, 2.05) is 54.6 Å². The van der Waals surface area contributed by atoms with Gasteiger partial charge >= 0.3 is 0 Å². The summed E-state index contributed by atoms with van der Waals surface area (Å²) in [4.78, 5) is 15.7. The second-order valence-electron chi connectivity index (χ2n) is 13.5. The Hall–Kier alpha value is -7.37. The summed E-state index contributed by atoms with van der Waals surface area (Å²) in [6.07, 6.45) is 0. The van der Waals surface area contributed by atoms with E-state index in [-0.39, 0.29) is 0 Å². The van der Waals surface area contributed by atoms with Gasteiger partial charge in [0.2, 0.25) is 0 Å². The van der Waals surface area contributed by atoms with Gasteiger partial charge in [-0.25, -0.2) is 15.0 Å². The van der Waals surface area contributed by atoms with Crippen LogP contribution >= 0.6 is 0 Å². The normalized spacial score (nSPS) is 11.7. The smallest absolute Gasteiger partial charge is 0.164 e. The van der Waals surface area contributed by atoms with Crippen LogP contribution in [0.3, 0.4) is 0 Å². The van der Waals surface area contributed by atoms with Gasteiger partial charge in [0.1, 0.15) is 22.3 Å². The molecule has 3 heterocycles. The molecule has 0 bridgehead atoms. The highest BCUT2D eigenvalue weighted by Crippen LogP contribution is 2.41. The molecular formula is C49H29N3O2. The van der Waals surface area contributed by atoms with Gasteiger partial charge in [0, 0.05) is 38.2 Å². The summed E-state index contributed by atoms with van der Waals surface area (Å²) in [7, 11) is 0. The highest BCUT2D eigenvalue weighted by Gasteiger charge is 2.20. The lowest BCUT2D eigenvalue weighted by atomic mass is 9.90. The third kappa shape index (κ3) is 4.83. The van der Waals surface area contributed by atoms with Crippen molar-refractivity contribution in [2.45, 2.75) is 0 Å². The average molecular weight is 692 g/mol. The van der Waals surface area contributed by atoms with Gasteiger partial charge in [-0.1, -0.05) is 140 Å². The van der Waals surface area contributed by atoms with Crippen molar-refractivity contribution >= 4 is 54.6 Å². The molecule has 0 aliphatic rings. The lowest BCUT2D eigenvalue weighted by Gasteiger charge is -2.15. The lowest BCUT2D eigenvalue weighted by Crippen LogP contribution is -2.01. The first kappa shape index (κ1) is 30.3. The fraction of sp³-hybridized carbons (Fsp3) is 0. The molecule has 0 unspecified atom stereocenters. The number of hydrogen-bond acceptors (Lipinski definition) is 5. The summed E-state index contributed by atoms with van der Waals surface area (Å²) in [6, 6.07) is 60.5. The number of aromatic nitrogens is 3. The fourth-order valence-corrected chi connectivity index (χ4v) is 7.89. The van der Waals surface area contributed by atoms with Gasteiger partial charge in [-0.2, -0.15) is 0 Å². The molecule has 0 fully saturated rings. The molecule has 5 nitrogen and oxygen atoms in total. The molecule has 54 heavy (non-hydrogen) atoms. The van der Waals surface area contributed by atoms with E-state index < -0.39 is 0 Å². The zero-order valence-electron chi connectivity index (χ0n) is 28.9. The summed E-state index contributed by atoms with van der Waals surface area (Å²) in [6.45, 7) is 0. The van der Waals surface area contributed by atoms with Gasteiger partial charge in [-0.3, -0.25) is 0 Å². The zero-order valence-corrected chi connectivity index (χ0v) is 28.9. The van der Waals surface area contributed by atoms with Crippen molar-refractivity contribution in [3.05, 3.63) is 176 Å². The molecule has 0 radical (unpaired) electrons. The van der Waals surface area contributed by atoms with Crippen LogP contribution in [0.4, 0.5) is 0 Å². The van der Waals surface area contributed by atoms with E-state index in [2.05, 4.69) is 121 Å². The van der Waals surface area contributed by atoms with Crippen LogP contribution in [0.1, 0.15) is 0 Å². The van der Waals surface area contributed by atoms with Crippen LogP contribution in [0, 0.1) is 0 Å². The maximum Gasteiger partial charge on any atom is 0.164 e. The zero-order chi connectivity index (χ0) is 35.6. The van der Waals surface area contributed by atoms with E-state index in [0.717, 1.165) is 76.9 Å². The number of hydrogen-bond donors (Lipinski definition) is 0. The SMILES string of the molecule is c1ccc(-c2ccccc2-c2ccc(-c3nc(-c4ccc5c(c4)oc4ccccc45)nc(-c4cccc5oc6ccccc6c45)n3)c3ccccc23)cc1. The van der Waals surface area contributed by atoms with E-state index in [9.17, 15) is 0 Å². The maximum atomic E-state index is 6.31. The summed E-state index contributed by atoms with van der Waals surface area (Å²) in [5.41, 5.74) is 10.6. The van der Waals surface area contributed by atoms with Crippen molar-refractivity contribution in [3.63, 3.8) is 0 Å². The van der Waals surface area contributed by atoms with Crippen molar-refractivity contribution in [3.8, 4) is 56.4 Å². The molecule has 0 atom stereocenters. The van der Waals surface area contributed by atoms with Gasteiger partial charge in [-0.15, -0.1) is 0 Å². The Kier molecular flexibility index (Phi) is 6.79. The molecule has 0 N–H and O–H groups in total. The second-order valence-corrected chi connectivity index (χ2v) is 13.5. The monoisotopic (exact) mass is 691 g/mol. The van der Waals surface area contributed by atoms with Gasteiger partial charge in [-0.05, 0) is 69.4 Å². The summed E-state index contributed by atoms with van der Waals surface area (Å²) >= 11 is 0. The molecule has 11 aromatic rings. The van der Waals surface area contributed by atoms with Crippen LogP contribution in [0.25, 0.3) is 111 Å². The summed E-state index contributed by atoms with van der Waals surface area (Å²) < 4.78 is 12.6. The molecule has 0 aliphatic carbocycles. The van der Waals surface area contributed by atoms with Crippen LogP contribution < -0.4 is 0 Å². The minimum Gasteiger partial charge on any atom is -0.456 e. The van der Waals surface area contributed by atoms with E-state index >= 15 is 0 Å². The fourth-order valence-electron chi connectivity index (χ4n) is 7.89. The first-order valence-electron chi connectivity index (χ1n) is 18.0. The number of fused-ring (bicyclic) bond motifs is 7. The number of benzene rings is 8. The molecule has 0 amide bonds. The largest absolute Gasteiger partial charge is 0.456 e. The molecule has 11 rings (SSSR count). The Bertz CT molecular complexity index is 3230. The van der Waals surface area contributed by atoms with Crippen molar-refractivity contribution < 1.29 is 8.83 Å². The van der Waals surface area contributed by atoms with Crippen molar-refractivity contribution in [1.29, 1.82) is 0 Å². The average Bonchev–Trinajstić information content (AvgIpc) is 3.82. The molecule has 0 spiro atoms. The molecule has 252 valence electrons. The number of nitrogens with zero attached hydrogens (tertiary/aromatic N) is 3. The molecule has 0 saturated carbocycles. The van der Waals surface area contributed by atoms with Crippen LogP contribution in [0.2, 0.25) is 0 Å². The predicted molar refractivity (Wildman–Crippen MR) is 219 cm³/mol. The number of para-hydroxylation sites is 2. The third-order valence-electron chi connectivity index (χ3n) is 10.4. The Morgan fingerprint density at radius 1 is 0.278 bits per heavy atom. The summed E-state index contributed by atoms with van der Waals surface area (Å²) in [5, 5.41) is 6.30. The lowest BCUT2D eigenvalue weighted by molar-refractivity contribution is 0.668. The van der Waals surface area contributed by atoms with Crippen LogP contribution in [-0.2, 0) is 0 Å². The minimum atomic E-state index is 0.560. The van der Waals surface area contributed by atoms with E-state index in [1.165, 1.54) is 16.7 Å². The molecular weight excluding hydrogens is 663 g/mol.